The van der Waals surface area contributed by atoms with Gasteiger partial charge in [-0.05, 0) is 37.4 Å². The van der Waals surface area contributed by atoms with Crippen molar-refractivity contribution in [3.05, 3.63) is 0 Å². The third-order valence-corrected chi connectivity index (χ3v) is 3.37. The van der Waals surface area contributed by atoms with Gasteiger partial charge in [0, 0.05) is 20.1 Å². The van der Waals surface area contributed by atoms with Crippen LogP contribution in [-0.4, -0.2) is 30.1 Å². The van der Waals surface area contributed by atoms with Gasteiger partial charge in [0.05, 0.1) is 0 Å². The first-order valence-electron chi connectivity index (χ1n) is 5.73. The molecule has 0 heterocycles. The van der Waals surface area contributed by atoms with Crippen LogP contribution in [0.15, 0.2) is 0 Å². The van der Waals surface area contributed by atoms with Crippen LogP contribution < -0.4 is 5.32 Å². The molecule has 14 heavy (non-hydrogen) atoms. The van der Waals surface area contributed by atoms with E-state index in [4.69, 9.17) is 12.2 Å². The van der Waals surface area contributed by atoms with Gasteiger partial charge in [-0.25, -0.2) is 0 Å². The standard InChI is InChI=1S/C11H22N2S/c1-3-4-8-12-11(14)13(2)9-10-6-5-7-10/h10H,3-9H2,1-2H3,(H,12,14). The average Bonchev–Trinajstić information content (AvgIpc) is 2.11. The lowest BCUT2D eigenvalue weighted by molar-refractivity contribution is 0.257. The van der Waals surface area contributed by atoms with Crippen LogP contribution in [0.25, 0.3) is 0 Å². The van der Waals surface area contributed by atoms with Gasteiger partial charge in [0.1, 0.15) is 0 Å². The Hall–Kier alpha value is -0.310. The number of hydrogen-bond donors (Lipinski definition) is 1. The van der Waals surface area contributed by atoms with Crippen molar-refractivity contribution < 1.29 is 0 Å². The van der Waals surface area contributed by atoms with Gasteiger partial charge in [-0.3, -0.25) is 0 Å². The van der Waals surface area contributed by atoms with E-state index >= 15 is 0 Å². The number of nitrogens with zero attached hydrogens (tertiary/aromatic N) is 1. The lowest BCUT2D eigenvalue weighted by Crippen LogP contribution is -2.41. The van der Waals surface area contributed by atoms with Gasteiger partial charge in [0.25, 0.3) is 0 Å². The van der Waals surface area contributed by atoms with Crippen LogP contribution >= 0.6 is 12.2 Å². The highest BCUT2D eigenvalue weighted by molar-refractivity contribution is 7.80. The van der Waals surface area contributed by atoms with Crippen LogP contribution in [-0.2, 0) is 0 Å². The van der Waals surface area contributed by atoms with Crippen LogP contribution in [0.5, 0.6) is 0 Å². The third-order valence-electron chi connectivity index (χ3n) is 2.91. The topological polar surface area (TPSA) is 15.3 Å². The Morgan fingerprint density at radius 3 is 2.71 bits per heavy atom. The van der Waals surface area contributed by atoms with Crippen molar-refractivity contribution in [2.24, 2.45) is 5.92 Å². The lowest BCUT2D eigenvalue weighted by atomic mass is 9.85. The lowest BCUT2D eigenvalue weighted by Gasteiger charge is -2.31. The van der Waals surface area contributed by atoms with E-state index in [0.717, 1.165) is 24.1 Å². The van der Waals surface area contributed by atoms with Gasteiger partial charge in [0.2, 0.25) is 0 Å². The van der Waals surface area contributed by atoms with E-state index in [9.17, 15) is 0 Å². The molecular weight excluding hydrogens is 192 g/mol. The molecule has 1 N–H and O–H groups in total. The summed E-state index contributed by atoms with van der Waals surface area (Å²) >= 11 is 5.30. The van der Waals surface area contributed by atoms with Crippen LogP contribution in [0.2, 0.25) is 0 Å². The molecule has 0 aromatic rings. The summed E-state index contributed by atoms with van der Waals surface area (Å²) in [5.41, 5.74) is 0. The van der Waals surface area contributed by atoms with Crippen molar-refractivity contribution >= 4 is 17.3 Å². The number of thiocarbonyl (C=S) groups is 1. The average molecular weight is 214 g/mol. The minimum absolute atomic E-state index is 0.894. The van der Waals surface area contributed by atoms with E-state index in [-0.39, 0.29) is 0 Å². The number of nitrogens with one attached hydrogen (secondary N) is 1. The predicted molar refractivity (Wildman–Crippen MR) is 65.5 cm³/mol. The normalized spacial score (nSPS) is 16.1. The van der Waals surface area contributed by atoms with Crippen molar-refractivity contribution in [1.29, 1.82) is 0 Å². The molecule has 1 aliphatic rings. The minimum atomic E-state index is 0.894. The maximum absolute atomic E-state index is 5.30. The number of hydrogen-bond acceptors (Lipinski definition) is 1. The Bertz CT molecular complexity index is 178. The molecule has 82 valence electrons. The molecule has 0 amide bonds. The molecule has 0 unspecified atom stereocenters. The van der Waals surface area contributed by atoms with E-state index in [1.165, 1.54) is 32.1 Å². The van der Waals surface area contributed by atoms with Crippen molar-refractivity contribution in [3.63, 3.8) is 0 Å². The molecule has 3 heteroatoms. The Labute approximate surface area is 93.1 Å². The molecule has 0 radical (unpaired) electrons. The van der Waals surface area contributed by atoms with Gasteiger partial charge < -0.3 is 10.2 Å². The summed E-state index contributed by atoms with van der Waals surface area (Å²) in [4.78, 5) is 2.19. The first kappa shape index (κ1) is 11.8. The second kappa shape index (κ2) is 6.23. The zero-order valence-corrected chi connectivity index (χ0v) is 10.2. The molecule has 1 fully saturated rings. The van der Waals surface area contributed by atoms with Gasteiger partial charge in [0.15, 0.2) is 5.11 Å². The fourth-order valence-electron chi connectivity index (χ4n) is 1.65. The van der Waals surface area contributed by atoms with E-state index in [1.54, 1.807) is 0 Å². The summed E-state index contributed by atoms with van der Waals surface area (Å²) < 4.78 is 0. The highest BCUT2D eigenvalue weighted by Crippen LogP contribution is 2.26. The van der Waals surface area contributed by atoms with Gasteiger partial charge in [-0.1, -0.05) is 19.8 Å². The fraction of sp³-hybridized carbons (Fsp3) is 0.909. The van der Waals surface area contributed by atoms with Crippen molar-refractivity contribution in [2.45, 2.75) is 39.0 Å². The third kappa shape index (κ3) is 3.82. The molecule has 0 aliphatic heterocycles. The van der Waals surface area contributed by atoms with Gasteiger partial charge >= 0.3 is 0 Å². The fourth-order valence-corrected chi connectivity index (χ4v) is 1.83. The molecule has 0 atom stereocenters. The van der Waals surface area contributed by atoms with E-state index in [1.807, 2.05) is 0 Å². The van der Waals surface area contributed by atoms with Crippen LogP contribution in [0.1, 0.15) is 39.0 Å². The van der Waals surface area contributed by atoms with Crippen LogP contribution in [0.4, 0.5) is 0 Å². The van der Waals surface area contributed by atoms with Crippen molar-refractivity contribution in [2.75, 3.05) is 20.1 Å². The molecule has 0 aromatic carbocycles. The van der Waals surface area contributed by atoms with Gasteiger partial charge in [-0.15, -0.1) is 0 Å². The first-order valence-corrected chi connectivity index (χ1v) is 6.13. The highest BCUT2D eigenvalue weighted by atomic mass is 32.1. The molecule has 1 rings (SSSR count). The summed E-state index contributed by atoms with van der Waals surface area (Å²) in [6.45, 7) is 4.35. The Morgan fingerprint density at radius 2 is 2.21 bits per heavy atom. The molecule has 1 saturated carbocycles. The maximum Gasteiger partial charge on any atom is 0.168 e. The maximum atomic E-state index is 5.30. The first-order chi connectivity index (χ1) is 6.74. The van der Waals surface area contributed by atoms with Crippen LogP contribution in [0.3, 0.4) is 0 Å². The summed E-state index contributed by atoms with van der Waals surface area (Å²) in [6.07, 6.45) is 6.62. The number of rotatable bonds is 5. The molecule has 0 spiro atoms. The monoisotopic (exact) mass is 214 g/mol. The van der Waals surface area contributed by atoms with E-state index in [0.29, 0.717) is 0 Å². The Kier molecular flexibility index (Phi) is 5.23. The Balaban J connectivity index is 2.08. The summed E-state index contributed by atoms with van der Waals surface area (Å²) in [5.74, 6) is 0.894. The van der Waals surface area contributed by atoms with Crippen molar-refractivity contribution in [1.82, 2.24) is 10.2 Å². The molecule has 1 aliphatic carbocycles. The molecule has 0 bridgehead atoms. The second-order valence-corrected chi connectivity index (χ2v) is 4.65. The second-order valence-electron chi connectivity index (χ2n) is 4.26. The molecular formula is C11H22N2S. The smallest absolute Gasteiger partial charge is 0.168 e. The molecule has 0 aromatic heterocycles. The zero-order valence-electron chi connectivity index (χ0n) is 9.38. The van der Waals surface area contributed by atoms with E-state index < -0.39 is 0 Å². The minimum Gasteiger partial charge on any atom is -0.363 e. The summed E-state index contributed by atoms with van der Waals surface area (Å²) in [6, 6.07) is 0. The number of unbranched alkanes of at least 4 members (excludes halogenated alkanes) is 1. The van der Waals surface area contributed by atoms with Crippen molar-refractivity contribution in [3.8, 4) is 0 Å². The van der Waals surface area contributed by atoms with Crippen LogP contribution in [0, 0.1) is 5.92 Å². The summed E-state index contributed by atoms with van der Waals surface area (Å²) in [7, 11) is 2.10. The van der Waals surface area contributed by atoms with Gasteiger partial charge in [-0.2, -0.15) is 0 Å². The quantitative estimate of drug-likeness (QED) is 0.559. The summed E-state index contributed by atoms with van der Waals surface area (Å²) in [5, 5.41) is 4.22. The zero-order chi connectivity index (χ0) is 10.4. The Morgan fingerprint density at radius 1 is 1.50 bits per heavy atom. The highest BCUT2D eigenvalue weighted by Gasteiger charge is 2.19. The molecule has 0 saturated heterocycles. The largest absolute Gasteiger partial charge is 0.363 e. The van der Waals surface area contributed by atoms with E-state index in [2.05, 4.69) is 24.2 Å². The molecule has 2 nitrogen and oxygen atoms in total. The SMILES string of the molecule is CCCCNC(=S)N(C)CC1CCC1. The predicted octanol–water partition coefficient (Wildman–Crippen LogP) is 2.39.